The molecule has 4 N–H and O–H groups in total. The third kappa shape index (κ3) is 10.7. The first-order valence-corrected chi connectivity index (χ1v) is 18.3. The molecule has 4 aromatic carbocycles. The summed E-state index contributed by atoms with van der Waals surface area (Å²) >= 11 is 0. The van der Waals surface area contributed by atoms with Crippen molar-refractivity contribution in [2.75, 3.05) is 19.0 Å². The van der Waals surface area contributed by atoms with Crippen LogP contribution in [0.2, 0.25) is 0 Å². The van der Waals surface area contributed by atoms with Crippen molar-refractivity contribution in [3.05, 3.63) is 109 Å². The molecule has 0 fully saturated rings. The lowest BCUT2D eigenvalue weighted by molar-refractivity contribution is -0.121. The number of unbranched alkanes of at least 4 members (excludes halogenated alkanes) is 3. The first kappa shape index (κ1) is 34.6. The van der Waals surface area contributed by atoms with E-state index in [1.165, 1.54) is 28.0 Å². The molecule has 0 saturated carbocycles. The van der Waals surface area contributed by atoms with Crippen LogP contribution in [-0.2, 0) is 21.3 Å². The molecule has 0 spiro atoms. The van der Waals surface area contributed by atoms with Gasteiger partial charge in [-0.15, -0.1) is 0 Å². The standard InChI is InChI=1S/C33H36NO4P.CH4O3S/c35-30-24-26(25-31(36)33(30)38)20-21-32(37)34-22-12-1-2-13-23-39(27-14-6-3-7-15-27,28-16-8-4-9-17-28)29-18-10-5-11-19-29;1-5(2,3)4/h3-11,14-19,24-25H,1-2,12-13,20-23H2,(H3-,34,35,36,37,38);1H3,(H,2,3,4). The number of phenols is 3. The van der Waals surface area contributed by atoms with Crippen LogP contribution >= 0.6 is 7.26 Å². The Labute approximate surface area is 260 Å². The first-order chi connectivity index (χ1) is 21.0. The molecule has 0 unspecified atom stereocenters. The lowest BCUT2D eigenvalue weighted by atomic mass is 10.1. The van der Waals surface area contributed by atoms with Gasteiger partial charge < -0.3 is 25.2 Å². The normalized spacial score (nSPS) is 11.3. The Bertz CT molecular complexity index is 1440. The summed E-state index contributed by atoms with van der Waals surface area (Å²) in [6.07, 6.45) is 6.48. The van der Waals surface area contributed by atoms with Gasteiger partial charge in [0.15, 0.2) is 17.2 Å². The Morgan fingerprint density at radius 2 is 1.14 bits per heavy atom. The van der Waals surface area contributed by atoms with E-state index in [0.717, 1.165) is 31.8 Å². The van der Waals surface area contributed by atoms with Crippen molar-refractivity contribution in [2.45, 2.75) is 38.5 Å². The highest BCUT2D eigenvalue weighted by atomic mass is 32.2. The van der Waals surface area contributed by atoms with Crippen LogP contribution in [0, 0.1) is 0 Å². The van der Waals surface area contributed by atoms with Gasteiger partial charge in [0.05, 0.1) is 16.3 Å². The van der Waals surface area contributed by atoms with Gasteiger partial charge in [0.25, 0.3) is 0 Å². The minimum Gasteiger partial charge on any atom is -0.748 e. The van der Waals surface area contributed by atoms with Gasteiger partial charge in [0.1, 0.15) is 23.2 Å². The summed E-state index contributed by atoms with van der Waals surface area (Å²) in [5.74, 6) is -1.38. The summed E-state index contributed by atoms with van der Waals surface area (Å²) in [6.45, 7) is 0.626. The molecular formula is C34H40NO7PS. The van der Waals surface area contributed by atoms with Crippen LogP contribution in [0.3, 0.4) is 0 Å². The Morgan fingerprint density at radius 3 is 1.57 bits per heavy atom. The van der Waals surface area contributed by atoms with Crippen LogP contribution < -0.4 is 21.2 Å². The minimum atomic E-state index is -3.92. The summed E-state index contributed by atoms with van der Waals surface area (Å²) in [4.78, 5) is 12.3. The zero-order valence-corrected chi connectivity index (χ0v) is 26.5. The molecule has 0 saturated heterocycles. The summed E-state index contributed by atoms with van der Waals surface area (Å²) in [6, 6.07) is 35.5. The van der Waals surface area contributed by atoms with E-state index in [0.29, 0.717) is 24.8 Å². The Kier molecular flexibility index (Phi) is 13.2. The molecule has 1 amide bonds. The topological polar surface area (TPSA) is 147 Å². The summed E-state index contributed by atoms with van der Waals surface area (Å²) in [5.41, 5.74) is 0.597. The number of carbonyl (C=O) groups is 1. The fourth-order valence-electron chi connectivity index (χ4n) is 5.09. The van der Waals surface area contributed by atoms with Gasteiger partial charge in [0, 0.05) is 19.2 Å². The van der Waals surface area contributed by atoms with Crippen LogP contribution in [0.1, 0.15) is 37.7 Å². The average molecular weight is 638 g/mol. The van der Waals surface area contributed by atoms with Gasteiger partial charge in [-0.1, -0.05) is 61.0 Å². The number of nitrogens with one attached hydrogen (secondary N) is 1. The number of benzene rings is 4. The van der Waals surface area contributed by atoms with Crippen LogP contribution in [0.15, 0.2) is 103 Å². The second-order valence-electron chi connectivity index (χ2n) is 10.5. The number of aromatic hydroxyl groups is 3. The third-order valence-corrected chi connectivity index (χ3v) is 11.6. The largest absolute Gasteiger partial charge is 0.748 e. The van der Waals surface area contributed by atoms with E-state index in [2.05, 4.69) is 96.3 Å². The van der Waals surface area contributed by atoms with Gasteiger partial charge in [-0.2, -0.15) is 0 Å². The molecule has 0 aliphatic rings. The molecule has 10 heteroatoms. The summed E-state index contributed by atoms with van der Waals surface area (Å²) in [7, 11) is -5.71. The maximum atomic E-state index is 12.3. The second kappa shape index (κ2) is 16.8. The number of hydrogen-bond acceptors (Lipinski definition) is 7. The fourth-order valence-corrected chi connectivity index (χ4v) is 9.50. The van der Waals surface area contributed by atoms with E-state index >= 15 is 0 Å². The van der Waals surface area contributed by atoms with Crippen molar-refractivity contribution >= 4 is 39.2 Å². The van der Waals surface area contributed by atoms with Gasteiger partial charge in [-0.25, -0.2) is 8.42 Å². The molecule has 0 aromatic heterocycles. The Hall–Kier alpha value is -3.91. The molecular weight excluding hydrogens is 597 g/mol. The maximum Gasteiger partial charge on any atom is 0.220 e. The molecule has 4 aromatic rings. The van der Waals surface area contributed by atoms with Crippen molar-refractivity contribution in [1.82, 2.24) is 5.32 Å². The molecule has 0 atom stereocenters. The minimum absolute atomic E-state index is 0.0655. The van der Waals surface area contributed by atoms with E-state index in [-0.39, 0.29) is 23.8 Å². The molecule has 4 rings (SSSR count). The van der Waals surface area contributed by atoms with Crippen molar-refractivity contribution in [3.63, 3.8) is 0 Å². The monoisotopic (exact) mass is 637 g/mol. The van der Waals surface area contributed by atoms with Gasteiger partial charge >= 0.3 is 0 Å². The van der Waals surface area contributed by atoms with Crippen LogP contribution in [-0.4, -0.2) is 53.2 Å². The van der Waals surface area contributed by atoms with Crippen molar-refractivity contribution < 1.29 is 33.1 Å². The highest BCUT2D eigenvalue weighted by molar-refractivity contribution is 7.95. The Morgan fingerprint density at radius 1 is 0.727 bits per heavy atom. The Balaban J connectivity index is 0.000000978. The van der Waals surface area contributed by atoms with Gasteiger partial charge in [0.2, 0.25) is 5.91 Å². The van der Waals surface area contributed by atoms with E-state index in [9.17, 15) is 20.1 Å². The molecule has 44 heavy (non-hydrogen) atoms. The number of hydrogen-bond donors (Lipinski definition) is 4. The SMILES string of the molecule is CS(=O)(=O)[O-].O=C(CCc1cc(O)c(O)c(O)c1)NCCCCCC[P+](c1ccccc1)(c1ccccc1)c1ccccc1. The van der Waals surface area contributed by atoms with Crippen LogP contribution in [0.4, 0.5) is 0 Å². The third-order valence-electron chi connectivity index (χ3n) is 7.10. The molecule has 0 bridgehead atoms. The summed E-state index contributed by atoms with van der Waals surface area (Å²) in [5, 5.41) is 35.9. The van der Waals surface area contributed by atoms with Gasteiger partial charge in [-0.3, -0.25) is 4.79 Å². The summed E-state index contributed by atoms with van der Waals surface area (Å²) < 4.78 is 27.2. The number of aryl methyl sites for hydroxylation is 1. The van der Waals surface area contributed by atoms with Gasteiger partial charge in [-0.05, 0) is 79.8 Å². The highest BCUT2D eigenvalue weighted by Crippen LogP contribution is 2.56. The highest BCUT2D eigenvalue weighted by Gasteiger charge is 2.44. The van der Waals surface area contributed by atoms with Crippen molar-refractivity contribution in [3.8, 4) is 17.2 Å². The van der Waals surface area contributed by atoms with Crippen molar-refractivity contribution in [1.29, 1.82) is 0 Å². The second-order valence-corrected chi connectivity index (χ2v) is 15.5. The number of phenolic OH excluding ortho intramolecular Hbond substituents is 3. The number of amides is 1. The molecule has 0 heterocycles. The first-order valence-electron chi connectivity index (χ1n) is 14.5. The lowest BCUT2D eigenvalue weighted by Gasteiger charge is -2.27. The quantitative estimate of drug-likeness (QED) is 0.0727. The number of carbonyl (C=O) groups excluding carboxylic acids is 1. The average Bonchev–Trinajstić information content (AvgIpc) is 3.01. The lowest BCUT2D eigenvalue weighted by Crippen LogP contribution is -2.33. The van der Waals surface area contributed by atoms with Crippen LogP contribution in [0.25, 0.3) is 0 Å². The zero-order chi connectivity index (χ0) is 32.0. The number of rotatable bonds is 13. The smallest absolute Gasteiger partial charge is 0.220 e. The van der Waals surface area contributed by atoms with E-state index < -0.39 is 23.1 Å². The van der Waals surface area contributed by atoms with E-state index in [1.54, 1.807) is 0 Å². The predicted molar refractivity (Wildman–Crippen MR) is 177 cm³/mol. The zero-order valence-electron chi connectivity index (χ0n) is 24.8. The van der Waals surface area contributed by atoms with Crippen LogP contribution in [0.5, 0.6) is 17.2 Å². The van der Waals surface area contributed by atoms with Crippen molar-refractivity contribution in [2.24, 2.45) is 0 Å². The molecule has 8 nitrogen and oxygen atoms in total. The molecule has 0 aliphatic heterocycles. The van der Waals surface area contributed by atoms with E-state index in [4.69, 9.17) is 13.0 Å². The molecule has 0 radical (unpaired) electrons. The maximum absolute atomic E-state index is 12.3. The predicted octanol–water partition coefficient (Wildman–Crippen LogP) is 4.57. The van der Waals surface area contributed by atoms with E-state index in [1.807, 2.05) is 0 Å². The fraction of sp³-hybridized carbons (Fsp3) is 0.265. The molecule has 234 valence electrons. The molecule has 0 aliphatic carbocycles.